The van der Waals surface area contributed by atoms with E-state index in [1.807, 2.05) is 66.7 Å². The summed E-state index contributed by atoms with van der Waals surface area (Å²) in [6.07, 6.45) is 5.42. The second-order valence-corrected chi connectivity index (χ2v) is 9.55. The molecule has 6 rings (SSSR count). The van der Waals surface area contributed by atoms with Crippen molar-refractivity contribution in [3.8, 4) is 23.2 Å². The van der Waals surface area contributed by atoms with Crippen molar-refractivity contribution in [1.82, 2.24) is 24.5 Å². The van der Waals surface area contributed by atoms with E-state index in [0.717, 1.165) is 11.3 Å². The maximum atomic E-state index is 13.7. The number of rotatable bonds is 7. The molecule has 0 saturated heterocycles. The van der Waals surface area contributed by atoms with Gasteiger partial charge in [0.15, 0.2) is 0 Å². The zero-order chi connectivity index (χ0) is 28.2. The molecule has 0 atom stereocenters. The highest BCUT2D eigenvalue weighted by Crippen LogP contribution is 2.21. The van der Waals surface area contributed by atoms with Gasteiger partial charge in [0, 0.05) is 11.1 Å². The molecule has 2 heterocycles. The third kappa shape index (κ3) is 5.62. The van der Waals surface area contributed by atoms with Crippen LogP contribution in [0.5, 0.6) is 5.75 Å². The fourth-order valence-electron chi connectivity index (χ4n) is 4.33. The molecule has 0 bridgehead atoms. The first-order valence-electron chi connectivity index (χ1n) is 12.7. The predicted octanol–water partition coefficient (Wildman–Crippen LogP) is 6.24. The first-order valence-corrected chi connectivity index (χ1v) is 13.1. The van der Waals surface area contributed by atoms with E-state index < -0.39 is 0 Å². The second kappa shape index (κ2) is 11.3. The number of ether oxygens (including phenoxy) is 1. The van der Waals surface area contributed by atoms with Crippen LogP contribution in [0.25, 0.3) is 34.4 Å². The van der Waals surface area contributed by atoms with E-state index >= 15 is 0 Å². The van der Waals surface area contributed by atoms with Crippen LogP contribution < -0.4 is 10.3 Å². The molecule has 2 aromatic heterocycles. The lowest BCUT2D eigenvalue weighted by Gasteiger charge is -2.13. The van der Waals surface area contributed by atoms with Crippen LogP contribution in [0.15, 0.2) is 108 Å². The second-order valence-electron chi connectivity index (χ2n) is 9.12. The smallest absolute Gasteiger partial charge is 0.266 e. The number of fused-ring (bicyclic) bond motifs is 1. The molecular formula is C32H21ClN6O2. The molecule has 41 heavy (non-hydrogen) atoms. The summed E-state index contributed by atoms with van der Waals surface area (Å²) in [4.78, 5) is 18.5. The number of para-hydroxylation sites is 1. The van der Waals surface area contributed by atoms with Crippen LogP contribution in [0.3, 0.4) is 0 Å². The Kier molecular flexibility index (Phi) is 7.10. The maximum absolute atomic E-state index is 13.7. The molecule has 0 amide bonds. The molecule has 0 radical (unpaired) electrons. The average molecular weight is 557 g/mol. The lowest BCUT2D eigenvalue weighted by Crippen LogP contribution is -2.22. The minimum atomic E-state index is -0.198. The largest absolute Gasteiger partial charge is 0.487 e. The zero-order valence-electron chi connectivity index (χ0n) is 21.6. The Hall–Kier alpha value is -5.52. The summed E-state index contributed by atoms with van der Waals surface area (Å²) >= 11 is 6.09. The van der Waals surface area contributed by atoms with Crippen molar-refractivity contribution >= 4 is 34.7 Å². The first kappa shape index (κ1) is 25.7. The summed E-state index contributed by atoms with van der Waals surface area (Å²) < 4.78 is 9.22. The Morgan fingerprint density at radius 3 is 2.54 bits per heavy atom. The van der Waals surface area contributed by atoms with Crippen LogP contribution in [0.1, 0.15) is 22.6 Å². The third-order valence-corrected chi connectivity index (χ3v) is 6.58. The van der Waals surface area contributed by atoms with Crippen molar-refractivity contribution in [2.75, 3.05) is 0 Å². The summed E-state index contributed by atoms with van der Waals surface area (Å²) in [7, 11) is 0. The van der Waals surface area contributed by atoms with Gasteiger partial charge in [-0.2, -0.15) is 5.26 Å². The summed E-state index contributed by atoms with van der Waals surface area (Å²) in [5.41, 5.74) is 3.88. The van der Waals surface area contributed by atoms with Crippen LogP contribution in [0, 0.1) is 11.3 Å². The van der Waals surface area contributed by atoms with E-state index in [1.54, 1.807) is 57.9 Å². The minimum Gasteiger partial charge on any atom is -0.487 e. The van der Waals surface area contributed by atoms with Gasteiger partial charge in [-0.05, 0) is 66.2 Å². The summed E-state index contributed by atoms with van der Waals surface area (Å²) in [5.74, 6) is 1.02. The fraction of sp³-hybridized carbons (Fsp3) is 0.0312. The summed E-state index contributed by atoms with van der Waals surface area (Å²) in [5, 5.41) is 18.5. The maximum Gasteiger partial charge on any atom is 0.266 e. The molecule has 0 fully saturated rings. The van der Waals surface area contributed by atoms with Crippen LogP contribution in [-0.4, -0.2) is 24.5 Å². The Bertz CT molecular complexity index is 2000. The monoisotopic (exact) mass is 556 g/mol. The van der Waals surface area contributed by atoms with Crippen molar-refractivity contribution in [2.24, 2.45) is 0 Å². The summed E-state index contributed by atoms with van der Waals surface area (Å²) in [6, 6.07) is 31.1. The third-order valence-electron chi connectivity index (χ3n) is 6.34. The fourth-order valence-corrected chi connectivity index (χ4v) is 4.51. The van der Waals surface area contributed by atoms with Gasteiger partial charge in [0.1, 0.15) is 23.9 Å². The van der Waals surface area contributed by atoms with E-state index in [0.29, 0.717) is 44.4 Å². The van der Waals surface area contributed by atoms with Gasteiger partial charge in [0.2, 0.25) is 0 Å². The highest BCUT2D eigenvalue weighted by Gasteiger charge is 2.12. The molecule has 0 spiro atoms. The van der Waals surface area contributed by atoms with Crippen molar-refractivity contribution in [3.05, 3.63) is 141 Å². The lowest BCUT2D eigenvalue weighted by atomic mass is 10.1. The molecule has 0 aliphatic heterocycles. The Morgan fingerprint density at radius 1 is 0.902 bits per heavy atom. The van der Waals surface area contributed by atoms with Crippen molar-refractivity contribution in [1.29, 1.82) is 5.26 Å². The van der Waals surface area contributed by atoms with E-state index in [1.165, 1.54) is 0 Å². The van der Waals surface area contributed by atoms with Gasteiger partial charge < -0.3 is 4.74 Å². The molecule has 6 aromatic rings. The van der Waals surface area contributed by atoms with Gasteiger partial charge in [0.25, 0.3) is 5.56 Å². The van der Waals surface area contributed by atoms with E-state index in [9.17, 15) is 4.79 Å². The van der Waals surface area contributed by atoms with Gasteiger partial charge in [-0.3, -0.25) is 9.36 Å². The van der Waals surface area contributed by atoms with Crippen molar-refractivity contribution in [3.63, 3.8) is 0 Å². The molecule has 0 unspecified atom stereocenters. The molecule has 4 aromatic carbocycles. The van der Waals surface area contributed by atoms with Gasteiger partial charge in [-0.15, -0.1) is 5.10 Å². The molecule has 0 aliphatic rings. The number of aromatic nitrogens is 5. The first-order chi connectivity index (χ1) is 20.1. The Morgan fingerprint density at radius 2 is 1.71 bits per heavy atom. The molecular weight excluding hydrogens is 536 g/mol. The van der Waals surface area contributed by atoms with Crippen molar-refractivity contribution in [2.45, 2.75) is 6.61 Å². The van der Waals surface area contributed by atoms with Crippen LogP contribution >= 0.6 is 11.6 Å². The van der Waals surface area contributed by atoms with Gasteiger partial charge in [0.05, 0.1) is 40.1 Å². The van der Waals surface area contributed by atoms with Crippen LogP contribution in [0.4, 0.5) is 0 Å². The van der Waals surface area contributed by atoms with E-state index in [4.69, 9.17) is 26.6 Å². The van der Waals surface area contributed by atoms with E-state index in [-0.39, 0.29) is 12.2 Å². The standard InChI is InChI=1S/C32H21ClN6O2/c33-24-5-3-6-26(17-24)38-20-25(36-37-38)21-41-28-8-4-7-27(18-28)39-31(16-15-22-11-13-23(19-34)14-12-22)35-30-10-2-1-9-29(30)32(39)40/h1-18,20H,21H2/b16-15+. The number of hydrogen-bond donors (Lipinski definition) is 0. The quantitative estimate of drug-likeness (QED) is 0.231. The summed E-state index contributed by atoms with van der Waals surface area (Å²) in [6.45, 7) is 0.181. The van der Waals surface area contributed by atoms with Crippen molar-refractivity contribution < 1.29 is 4.74 Å². The average Bonchev–Trinajstić information content (AvgIpc) is 3.49. The zero-order valence-corrected chi connectivity index (χ0v) is 22.3. The van der Waals surface area contributed by atoms with Crippen LogP contribution in [0.2, 0.25) is 5.02 Å². The molecule has 9 heteroatoms. The highest BCUT2D eigenvalue weighted by atomic mass is 35.5. The molecule has 0 N–H and O–H groups in total. The number of halogens is 1. The number of benzene rings is 4. The van der Waals surface area contributed by atoms with Gasteiger partial charge >= 0.3 is 0 Å². The Labute approximate surface area is 240 Å². The normalized spacial score (nSPS) is 11.1. The molecule has 8 nitrogen and oxygen atoms in total. The predicted molar refractivity (Wildman–Crippen MR) is 158 cm³/mol. The molecule has 0 aliphatic carbocycles. The lowest BCUT2D eigenvalue weighted by molar-refractivity contribution is 0.301. The molecule has 0 saturated carbocycles. The van der Waals surface area contributed by atoms with E-state index in [2.05, 4.69) is 16.4 Å². The Balaban J connectivity index is 1.31. The van der Waals surface area contributed by atoms with Gasteiger partial charge in [-0.25, -0.2) is 9.67 Å². The topological polar surface area (TPSA) is 98.6 Å². The molecule has 198 valence electrons. The number of nitrogens with zero attached hydrogens (tertiary/aromatic N) is 6. The number of nitriles is 1. The van der Waals surface area contributed by atoms with Gasteiger partial charge in [-0.1, -0.05) is 59.3 Å². The SMILES string of the molecule is N#Cc1ccc(/C=C/c2nc3ccccc3c(=O)n2-c2cccc(OCc3cn(-c4cccc(Cl)c4)nn3)c2)cc1. The number of hydrogen-bond acceptors (Lipinski definition) is 6. The highest BCUT2D eigenvalue weighted by molar-refractivity contribution is 6.30. The van der Waals surface area contributed by atoms with Crippen LogP contribution in [-0.2, 0) is 6.61 Å². The minimum absolute atomic E-state index is 0.181.